The first-order valence-corrected chi connectivity index (χ1v) is 15.1. The molecule has 1 amide bonds. The number of anilines is 2. The summed E-state index contributed by atoms with van der Waals surface area (Å²) in [6.45, 7) is 1.89. The molecule has 2 aromatic heterocycles. The summed E-state index contributed by atoms with van der Waals surface area (Å²) in [4.78, 5) is 34.2. The van der Waals surface area contributed by atoms with Crippen molar-refractivity contribution in [1.29, 1.82) is 0 Å². The van der Waals surface area contributed by atoms with Crippen LogP contribution in [0.1, 0.15) is 0 Å². The Morgan fingerprint density at radius 2 is 1.70 bits per heavy atom. The zero-order chi connectivity index (χ0) is 30.9. The summed E-state index contributed by atoms with van der Waals surface area (Å²) in [6, 6.07) is 12.6. The minimum atomic E-state index is -4.92. The van der Waals surface area contributed by atoms with Crippen molar-refractivity contribution in [3.05, 3.63) is 73.3 Å². The van der Waals surface area contributed by atoms with Crippen LogP contribution in [-0.2, 0) is 14.8 Å². The minimum absolute atomic E-state index is 0.0353. The van der Waals surface area contributed by atoms with Crippen molar-refractivity contribution in [3.8, 4) is 5.75 Å². The Morgan fingerprint density at radius 3 is 2.43 bits per heavy atom. The fourth-order valence-electron chi connectivity index (χ4n) is 5.25. The molecule has 230 valence electrons. The molecule has 0 unspecified atom stereocenters. The van der Waals surface area contributed by atoms with Crippen LogP contribution in [0.25, 0.3) is 11.2 Å². The molecular formula is C28H27F3N8O4S. The second kappa shape index (κ2) is 11.8. The van der Waals surface area contributed by atoms with Gasteiger partial charge in [-0.2, -0.15) is 4.31 Å². The molecule has 44 heavy (non-hydrogen) atoms. The van der Waals surface area contributed by atoms with Gasteiger partial charge in [0, 0.05) is 50.9 Å². The van der Waals surface area contributed by atoms with E-state index in [9.17, 15) is 26.4 Å². The molecule has 0 spiro atoms. The molecule has 1 N–H and O–H groups in total. The highest BCUT2D eigenvalue weighted by atomic mass is 32.2. The molecule has 12 nitrogen and oxygen atoms in total. The van der Waals surface area contributed by atoms with Gasteiger partial charge in [-0.1, -0.05) is 18.2 Å². The third kappa shape index (κ3) is 6.35. The van der Waals surface area contributed by atoms with Crippen LogP contribution in [-0.4, -0.2) is 90.2 Å². The van der Waals surface area contributed by atoms with Crippen molar-refractivity contribution in [2.45, 2.75) is 17.3 Å². The quantitative estimate of drug-likeness (QED) is 0.310. The van der Waals surface area contributed by atoms with Crippen molar-refractivity contribution >= 4 is 38.6 Å². The van der Waals surface area contributed by atoms with Crippen LogP contribution in [0.5, 0.6) is 5.75 Å². The molecule has 2 aromatic carbocycles. The van der Waals surface area contributed by atoms with E-state index in [1.165, 1.54) is 18.7 Å². The zero-order valence-electron chi connectivity index (χ0n) is 23.1. The van der Waals surface area contributed by atoms with E-state index < -0.39 is 34.1 Å². The highest BCUT2D eigenvalue weighted by Gasteiger charge is 2.41. The molecule has 4 heterocycles. The smallest absolute Gasteiger partial charge is 0.406 e. The number of rotatable bonds is 8. The van der Waals surface area contributed by atoms with Crippen LogP contribution in [0.2, 0.25) is 0 Å². The number of nitrogens with zero attached hydrogens (tertiary/aromatic N) is 7. The average molecular weight is 629 g/mol. The number of alkyl halides is 3. The van der Waals surface area contributed by atoms with Gasteiger partial charge in [0.15, 0.2) is 5.65 Å². The first kappa shape index (κ1) is 29.5. The van der Waals surface area contributed by atoms with E-state index in [2.05, 4.69) is 34.9 Å². The molecule has 2 saturated heterocycles. The number of ether oxygens (including phenoxy) is 1. The second-order valence-electron chi connectivity index (χ2n) is 10.4. The lowest BCUT2D eigenvalue weighted by molar-refractivity contribution is -0.274. The van der Waals surface area contributed by atoms with Gasteiger partial charge in [-0.05, 0) is 36.4 Å². The number of carbonyl (C=O) groups excluding carboxylic acids is 1. The summed E-state index contributed by atoms with van der Waals surface area (Å²) in [6.07, 6.45) is -0.552. The molecule has 0 saturated carbocycles. The van der Waals surface area contributed by atoms with Crippen LogP contribution in [0.15, 0.2) is 78.2 Å². The number of amides is 1. The number of nitrogens with one attached hydrogen (secondary N) is 1. The van der Waals surface area contributed by atoms with E-state index in [0.717, 1.165) is 47.3 Å². The highest BCUT2D eigenvalue weighted by Crippen LogP contribution is 2.29. The van der Waals surface area contributed by atoms with Crippen LogP contribution in [0.3, 0.4) is 0 Å². The zero-order valence-corrected chi connectivity index (χ0v) is 23.9. The number of benzene rings is 2. The summed E-state index contributed by atoms with van der Waals surface area (Å²) < 4.78 is 70.3. The van der Waals surface area contributed by atoms with Crippen LogP contribution >= 0.6 is 0 Å². The molecule has 0 bridgehead atoms. The van der Waals surface area contributed by atoms with Gasteiger partial charge in [-0.3, -0.25) is 4.79 Å². The third-order valence-corrected chi connectivity index (χ3v) is 9.40. The van der Waals surface area contributed by atoms with Crippen molar-refractivity contribution in [2.24, 2.45) is 5.92 Å². The van der Waals surface area contributed by atoms with E-state index in [1.54, 1.807) is 4.90 Å². The minimum Gasteiger partial charge on any atom is -0.406 e. The first-order valence-electron chi connectivity index (χ1n) is 13.7. The molecule has 0 radical (unpaired) electrons. The van der Waals surface area contributed by atoms with Gasteiger partial charge in [-0.25, -0.2) is 28.4 Å². The van der Waals surface area contributed by atoms with Gasteiger partial charge < -0.3 is 19.9 Å². The molecule has 2 fully saturated rings. The maximum Gasteiger partial charge on any atom is 0.573 e. The molecule has 2 aliphatic heterocycles. The maximum absolute atomic E-state index is 13.7. The fourth-order valence-corrected chi connectivity index (χ4v) is 6.82. The number of halogens is 3. The molecule has 6 rings (SSSR count). The standard InChI is InChI=1S/C28H27F3N8O4S/c29-28(30,31)43-21-6-8-22(9-7-21)44(41,42)39-11-10-37(25-14-33-23-13-32-18-35-26(23)36-25)17-24(39)27(40)34-12-19-15-38(16-19)20-4-2-1-3-5-20/h1-9,13-14,18-19,24H,10-12,15-17H2,(H,34,40)/t24-/m1/s1. The number of sulfonamides is 1. The van der Waals surface area contributed by atoms with Crippen molar-refractivity contribution in [1.82, 2.24) is 29.6 Å². The normalized spacial score (nSPS) is 18.2. The van der Waals surface area contributed by atoms with E-state index in [-0.39, 0.29) is 30.4 Å². The topological polar surface area (TPSA) is 134 Å². The molecule has 4 aromatic rings. The molecule has 1 atom stereocenters. The average Bonchev–Trinajstić information content (AvgIpc) is 2.99. The lowest BCUT2D eigenvalue weighted by Crippen LogP contribution is -2.61. The fraction of sp³-hybridized carbons (Fsp3) is 0.321. The number of para-hydroxylation sites is 1. The number of carbonyl (C=O) groups is 1. The largest absolute Gasteiger partial charge is 0.573 e. The lowest BCUT2D eigenvalue weighted by Gasteiger charge is -2.42. The van der Waals surface area contributed by atoms with Gasteiger partial charge in [0.25, 0.3) is 0 Å². The predicted molar refractivity (Wildman–Crippen MR) is 153 cm³/mol. The van der Waals surface area contributed by atoms with Crippen LogP contribution in [0, 0.1) is 5.92 Å². The number of fused-ring (bicyclic) bond motifs is 1. The monoisotopic (exact) mass is 628 g/mol. The third-order valence-electron chi connectivity index (χ3n) is 7.48. The Labute approximate surface area is 250 Å². The molecule has 16 heteroatoms. The van der Waals surface area contributed by atoms with Gasteiger partial charge in [0.1, 0.15) is 29.5 Å². The Bertz CT molecular complexity index is 1740. The second-order valence-corrected chi connectivity index (χ2v) is 12.3. The SMILES string of the molecule is O=C(NCC1CN(c2ccccc2)C1)[C@H]1CN(c2cnc3cncnc3n2)CCN1S(=O)(=O)c1ccc(OC(F)(F)F)cc1. The van der Waals surface area contributed by atoms with Crippen molar-refractivity contribution in [3.63, 3.8) is 0 Å². The Kier molecular flexibility index (Phi) is 7.94. The Morgan fingerprint density at radius 1 is 0.955 bits per heavy atom. The number of aromatic nitrogens is 4. The Hall–Kier alpha value is -4.57. The van der Waals surface area contributed by atoms with E-state index in [0.29, 0.717) is 23.5 Å². The highest BCUT2D eigenvalue weighted by molar-refractivity contribution is 7.89. The summed E-state index contributed by atoms with van der Waals surface area (Å²) in [5.74, 6) is -0.461. The van der Waals surface area contributed by atoms with Gasteiger partial charge in [0.2, 0.25) is 15.9 Å². The number of hydrogen-bond acceptors (Lipinski definition) is 10. The summed E-state index contributed by atoms with van der Waals surface area (Å²) in [5, 5.41) is 2.92. The first-order chi connectivity index (χ1) is 21.1. The molecular weight excluding hydrogens is 601 g/mol. The van der Waals surface area contributed by atoms with Crippen LogP contribution in [0.4, 0.5) is 24.7 Å². The summed E-state index contributed by atoms with van der Waals surface area (Å²) in [5.41, 5.74) is 1.92. The van der Waals surface area contributed by atoms with Gasteiger partial charge >= 0.3 is 6.36 Å². The van der Waals surface area contributed by atoms with Gasteiger partial charge in [-0.15, -0.1) is 13.2 Å². The number of hydrogen-bond donors (Lipinski definition) is 1. The summed E-state index contributed by atoms with van der Waals surface area (Å²) in [7, 11) is -4.29. The lowest BCUT2D eigenvalue weighted by atomic mass is 9.99. The van der Waals surface area contributed by atoms with Crippen molar-refractivity contribution in [2.75, 3.05) is 49.1 Å². The molecule has 2 aliphatic rings. The van der Waals surface area contributed by atoms with Gasteiger partial charge in [0.05, 0.1) is 17.3 Å². The van der Waals surface area contributed by atoms with E-state index >= 15 is 0 Å². The maximum atomic E-state index is 13.7. The van der Waals surface area contributed by atoms with Crippen LogP contribution < -0.4 is 19.9 Å². The summed E-state index contributed by atoms with van der Waals surface area (Å²) >= 11 is 0. The number of piperazine rings is 1. The predicted octanol–water partition coefficient (Wildman–Crippen LogP) is 2.45. The Balaban J connectivity index is 1.20. The van der Waals surface area contributed by atoms with Crippen molar-refractivity contribution < 1.29 is 31.1 Å². The van der Waals surface area contributed by atoms with E-state index in [4.69, 9.17) is 0 Å². The van der Waals surface area contributed by atoms with E-state index in [1.807, 2.05) is 30.3 Å². The molecule has 0 aliphatic carbocycles.